The number of aryl methyl sites for hydroxylation is 1. The highest BCUT2D eigenvalue weighted by Crippen LogP contribution is 2.23. The van der Waals surface area contributed by atoms with Crippen LogP contribution in [0.3, 0.4) is 0 Å². The molecule has 0 aliphatic carbocycles. The van der Waals surface area contributed by atoms with Gasteiger partial charge >= 0.3 is 11.9 Å². The number of hydrogen-bond acceptors (Lipinski definition) is 6. The van der Waals surface area contributed by atoms with Crippen LogP contribution in [-0.4, -0.2) is 38.1 Å². The Labute approximate surface area is 128 Å². The maximum Gasteiger partial charge on any atom is 0.373 e. The number of carboxylic acid groups (broad SMARTS) is 1. The Morgan fingerprint density at radius 1 is 1.41 bits per heavy atom. The molecule has 1 heterocycles. The van der Waals surface area contributed by atoms with Crippen molar-refractivity contribution in [1.29, 1.82) is 0 Å². The first kappa shape index (κ1) is 18.2. The molecule has 1 rings (SSSR count). The summed E-state index contributed by atoms with van der Waals surface area (Å²) in [6, 6.07) is 1.08. The van der Waals surface area contributed by atoms with Crippen molar-refractivity contribution in [3.63, 3.8) is 0 Å². The Morgan fingerprint density at radius 3 is 2.50 bits per heavy atom. The van der Waals surface area contributed by atoms with Crippen molar-refractivity contribution in [2.75, 3.05) is 7.11 Å². The van der Waals surface area contributed by atoms with Gasteiger partial charge in [0.15, 0.2) is 0 Å². The van der Waals surface area contributed by atoms with E-state index >= 15 is 0 Å². The number of carboxylic acids is 1. The second kappa shape index (κ2) is 6.49. The van der Waals surface area contributed by atoms with Gasteiger partial charge in [0.1, 0.15) is 10.7 Å². The van der Waals surface area contributed by atoms with Crippen LogP contribution in [0.4, 0.5) is 0 Å². The average molecular weight is 333 g/mol. The molecule has 0 aliphatic rings. The number of furan rings is 1. The fraction of sp³-hybridized carbons (Fsp3) is 0.538. The van der Waals surface area contributed by atoms with Gasteiger partial charge in [0.25, 0.3) is 0 Å². The fourth-order valence-corrected chi connectivity index (χ4v) is 3.44. The number of aliphatic carboxylic acids is 1. The van der Waals surface area contributed by atoms with Gasteiger partial charge in [-0.05, 0) is 27.2 Å². The number of methoxy groups -OCH3 is 1. The van der Waals surface area contributed by atoms with E-state index in [1.807, 2.05) is 0 Å². The Morgan fingerprint density at radius 2 is 2.00 bits per heavy atom. The van der Waals surface area contributed by atoms with Gasteiger partial charge in [-0.15, -0.1) is 0 Å². The lowest BCUT2D eigenvalue weighted by Gasteiger charge is -2.25. The zero-order chi connectivity index (χ0) is 17.1. The minimum absolute atomic E-state index is 0.0435. The molecule has 0 saturated carbocycles. The van der Waals surface area contributed by atoms with Gasteiger partial charge in [0.2, 0.25) is 15.8 Å². The summed E-state index contributed by atoms with van der Waals surface area (Å²) in [7, 11) is -2.81. The third-order valence-corrected chi connectivity index (χ3v) is 4.73. The molecule has 0 fully saturated rings. The molecule has 0 radical (unpaired) electrons. The lowest BCUT2D eigenvalue weighted by Crippen LogP contribution is -2.43. The second-order valence-corrected chi connectivity index (χ2v) is 7.06. The minimum Gasteiger partial charge on any atom is -0.481 e. The number of ether oxygens (including phenoxy) is 1. The molecule has 0 unspecified atom stereocenters. The van der Waals surface area contributed by atoms with Crippen LogP contribution in [0.5, 0.6) is 0 Å². The number of carbonyl (C=O) groups excluding carboxylic acids is 1. The van der Waals surface area contributed by atoms with E-state index in [1.54, 1.807) is 13.8 Å². The first-order valence-electron chi connectivity index (χ1n) is 6.43. The van der Waals surface area contributed by atoms with Gasteiger partial charge in [-0.3, -0.25) is 4.79 Å². The lowest BCUT2D eigenvalue weighted by atomic mass is 10.0. The Kier molecular flexibility index (Phi) is 5.36. The van der Waals surface area contributed by atoms with E-state index in [2.05, 4.69) is 9.46 Å². The van der Waals surface area contributed by atoms with E-state index in [0.29, 0.717) is 0 Å². The summed E-state index contributed by atoms with van der Waals surface area (Å²) >= 11 is 0. The molecule has 0 aliphatic heterocycles. The van der Waals surface area contributed by atoms with E-state index in [1.165, 1.54) is 6.92 Å². The number of carbonyl (C=O) groups is 2. The Bertz CT molecular complexity index is 673. The number of esters is 1. The summed E-state index contributed by atoms with van der Waals surface area (Å²) in [5.41, 5.74) is -0.966. The van der Waals surface area contributed by atoms with Gasteiger partial charge in [-0.1, -0.05) is 0 Å². The molecule has 9 heteroatoms. The van der Waals surface area contributed by atoms with Gasteiger partial charge in [0.05, 0.1) is 7.11 Å². The number of nitrogens with one attached hydrogen (secondary N) is 1. The SMILES string of the molecule is COC(=O)c1cc(S(=O)(=O)NC(C)(C)CCC(=O)O)c(C)o1. The predicted molar refractivity (Wildman–Crippen MR) is 76.1 cm³/mol. The van der Waals surface area contributed by atoms with Crippen molar-refractivity contribution in [1.82, 2.24) is 4.72 Å². The molecule has 0 aromatic carbocycles. The first-order chi connectivity index (χ1) is 9.98. The van der Waals surface area contributed by atoms with Crippen molar-refractivity contribution in [3.05, 3.63) is 17.6 Å². The largest absolute Gasteiger partial charge is 0.481 e. The van der Waals surface area contributed by atoms with E-state index < -0.39 is 27.5 Å². The smallest absolute Gasteiger partial charge is 0.373 e. The molecule has 8 nitrogen and oxygen atoms in total. The van der Waals surface area contributed by atoms with Crippen molar-refractivity contribution in [2.24, 2.45) is 0 Å². The molecule has 0 saturated heterocycles. The van der Waals surface area contributed by atoms with E-state index in [4.69, 9.17) is 9.52 Å². The van der Waals surface area contributed by atoms with E-state index in [-0.39, 0.29) is 29.3 Å². The van der Waals surface area contributed by atoms with Crippen LogP contribution in [0.2, 0.25) is 0 Å². The number of sulfonamides is 1. The van der Waals surface area contributed by atoms with Crippen LogP contribution in [0.25, 0.3) is 0 Å². The standard InChI is InChI=1S/C13H19NO7S/c1-8-10(7-9(21-8)12(17)20-4)22(18,19)14-13(2,3)6-5-11(15)16/h7,14H,5-6H2,1-4H3,(H,15,16). The summed E-state index contributed by atoms with van der Waals surface area (Å²) in [5.74, 6) is -1.97. The highest BCUT2D eigenvalue weighted by atomic mass is 32.2. The summed E-state index contributed by atoms with van der Waals surface area (Å²) in [6.45, 7) is 4.56. The average Bonchev–Trinajstić information content (AvgIpc) is 2.77. The summed E-state index contributed by atoms with van der Waals surface area (Å²) in [4.78, 5) is 21.8. The monoisotopic (exact) mass is 333 g/mol. The van der Waals surface area contributed by atoms with Crippen molar-refractivity contribution in [2.45, 2.75) is 44.0 Å². The van der Waals surface area contributed by atoms with Crippen LogP contribution in [0.15, 0.2) is 15.4 Å². The Balaban J connectivity index is 3.02. The lowest BCUT2D eigenvalue weighted by molar-refractivity contribution is -0.137. The third kappa shape index (κ3) is 4.57. The van der Waals surface area contributed by atoms with Crippen LogP contribution in [0, 0.1) is 6.92 Å². The minimum atomic E-state index is -3.96. The predicted octanol–water partition coefficient (Wildman–Crippen LogP) is 1.30. The third-order valence-electron chi connectivity index (χ3n) is 2.92. The second-order valence-electron chi connectivity index (χ2n) is 5.41. The van der Waals surface area contributed by atoms with Crippen LogP contribution in [-0.2, 0) is 19.6 Å². The number of rotatable bonds is 7. The van der Waals surface area contributed by atoms with Gasteiger partial charge < -0.3 is 14.3 Å². The number of hydrogen-bond donors (Lipinski definition) is 2. The highest BCUT2D eigenvalue weighted by molar-refractivity contribution is 7.89. The van der Waals surface area contributed by atoms with E-state index in [9.17, 15) is 18.0 Å². The van der Waals surface area contributed by atoms with Crippen LogP contribution >= 0.6 is 0 Å². The van der Waals surface area contributed by atoms with Gasteiger partial charge in [-0.25, -0.2) is 17.9 Å². The molecule has 22 heavy (non-hydrogen) atoms. The zero-order valence-corrected chi connectivity index (χ0v) is 13.6. The zero-order valence-electron chi connectivity index (χ0n) is 12.8. The molecule has 0 atom stereocenters. The Hall–Kier alpha value is -1.87. The maximum absolute atomic E-state index is 12.4. The van der Waals surface area contributed by atoms with Crippen molar-refractivity contribution < 1.29 is 32.3 Å². The van der Waals surface area contributed by atoms with Crippen molar-refractivity contribution >= 4 is 22.0 Å². The molecular formula is C13H19NO7S. The molecule has 0 spiro atoms. The van der Waals surface area contributed by atoms with Gasteiger partial charge in [0, 0.05) is 18.0 Å². The quantitative estimate of drug-likeness (QED) is 0.721. The molecule has 0 bridgehead atoms. The summed E-state index contributed by atoms with van der Waals surface area (Å²) in [5, 5.41) is 8.68. The van der Waals surface area contributed by atoms with Crippen molar-refractivity contribution in [3.8, 4) is 0 Å². The van der Waals surface area contributed by atoms with Gasteiger partial charge in [-0.2, -0.15) is 0 Å². The summed E-state index contributed by atoms with van der Waals surface area (Å²) < 4.78 is 36.7. The maximum atomic E-state index is 12.4. The topological polar surface area (TPSA) is 123 Å². The normalized spacial score (nSPS) is 12.2. The molecular weight excluding hydrogens is 314 g/mol. The molecule has 124 valence electrons. The fourth-order valence-electron chi connectivity index (χ4n) is 1.82. The van der Waals surface area contributed by atoms with Crippen LogP contribution in [0.1, 0.15) is 43.0 Å². The molecule has 0 amide bonds. The summed E-state index contributed by atoms with van der Waals surface area (Å²) in [6.07, 6.45) is -0.0599. The van der Waals surface area contributed by atoms with E-state index in [0.717, 1.165) is 13.2 Å². The highest BCUT2D eigenvalue weighted by Gasteiger charge is 2.30. The first-order valence-corrected chi connectivity index (χ1v) is 7.91. The molecule has 2 N–H and O–H groups in total. The van der Waals surface area contributed by atoms with Crippen LogP contribution < -0.4 is 4.72 Å². The molecule has 1 aromatic rings. The molecule has 1 aromatic heterocycles.